The van der Waals surface area contributed by atoms with Gasteiger partial charge in [-0.1, -0.05) is 6.07 Å². The average Bonchev–Trinajstić information content (AvgIpc) is 2.66. The number of methoxy groups -OCH3 is 1. The van der Waals surface area contributed by atoms with Crippen molar-refractivity contribution in [1.82, 2.24) is 9.78 Å². The van der Waals surface area contributed by atoms with E-state index in [1.165, 1.54) is 0 Å². The maximum absolute atomic E-state index is 5.69. The fourth-order valence-corrected chi connectivity index (χ4v) is 2.36. The lowest BCUT2D eigenvalue weighted by atomic mass is 10.1. The molecule has 0 aliphatic carbocycles. The second kappa shape index (κ2) is 5.75. The van der Waals surface area contributed by atoms with Gasteiger partial charge in [-0.15, -0.1) is 0 Å². The first kappa shape index (κ1) is 14.1. The topological polar surface area (TPSA) is 53.1 Å². The molecule has 4 nitrogen and oxygen atoms in total. The van der Waals surface area contributed by atoms with E-state index in [2.05, 4.69) is 27.1 Å². The predicted molar refractivity (Wildman–Crippen MR) is 79.4 cm³/mol. The van der Waals surface area contributed by atoms with Crippen LogP contribution in [0.1, 0.15) is 22.5 Å². The van der Waals surface area contributed by atoms with Crippen LogP contribution >= 0.6 is 15.9 Å². The molecule has 2 aromatic rings. The molecule has 5 heteroatoms. The molecule has 0 amide bonds. The van der Waals surface area contributed by atoms with Gasteiger partial charge < -0.3 is 10.5 Å². The van der Waals surface area contributed by atoms with Crippen molar-refractivity contribution in [2.75, 3.05) is 7.11 Å². The van der Waals surface area contributed by atoms with Gasteiger partial charge in [0.15, 0.2) is 0 Å². The fraction of sp³-hybridized carbons (Fsp3) is 0.357. The second-order valence-electron chi connectivity index (χ2n) is 4.49. The summed E-state index contributed by atoms with van der Waals surface area (Å²) in [7, 11) is 1.68. The van der Waals surface area contributed by atoms with Crippen molar-refractivity contribution in [1.29, 1.82) is 0 Å². The lowest BCUT2D eigenvalue weighted by molar-refractivity contribution is 0.407. The van der Waals surface area contributed by atoms with Crippen LogP contribution in [0.2, 0.25) is 0 Å². The summed E-state index contributed by atoms with van der Waals surface area (Å²) in [5.41, 5.74) is 9.97. The molecular formula is C14H18BrN3O. The quantitative estimate of drug-likeness (QED) is 0.941. The van der Waals surface area contributed by atoms with Crippen molar-refractivity contribution < 1.29 is 4.74 Å². The molecule has 0 saturated carbocycles. The van der Waals surface area contributed by atoms with Crippen molar-refractivity contribution in [3.05, 3.63) is 45.2 Å². The van der Waals surface area contributed by atoms with E-state index in [1.807, 2.05) is 30.7 Å². The van der Waals surface area contributed by atoms with Gasteiger partial charge >= 0.3 is 0 Å². The van der Waals surface area contributed by atoms with Gasteiger partial charge in [0.25, 0.3) is 0 Å². The lowest BCUT2D eigenvalue weighted by Crippen LogP contribution is -2.07. The Balaban J connectivity index is 2.38. The molecule has 0 saturated heterocycles. The first-order valence-electron chi connectivity index (χ1n) is 6.12. The highest BCUT2D eigenvalue weighted by Crippen LogP contribution is 2.24. The molecule has 0 unspecified atom stereocenters. The smallest absolute Gasteiger partial charge is 0.123 e. The minimum Gasteiger partial charge on any atom is -0.496 e. The molecule has 0 atom stereocenters. The summed E-state index contributed by atoms with van der Waals surface area (Å²) in [6, 6.07) is 6.01. The number of aromatic nitrogens is 2. The Kier molecular flexibility index (Phi) is 4.27. The number of benzene rings is 1. The Hall–Kier alpha value is -1.33. The number of hydrogen-bond donors (Lipinski definition) is 1. The molecule has 2 N–H and O–H groups in total. The summed E-state index contributed by atoms with van der Waals surface area (Å²) in [6.07, 6.45) is 0. The third kappa shape index (κ3) is 2.82. The number of halogens is 1. The molecule has 102 valence electrons. The summed E-state index contributed by atoms with van der Waals surface area (Å²) in [5.74, 6) is 0.862. The van der Waals surface area contributed by atoms with Gasteiger partial charge in [-0.2, -0.15) is 5.10 Å². The van der Waals surface area contributed by atoms with Crippen LogP contribution in [0.5, 0.6) is 5.75 Å². The van der Waals surface area contributed by atoms with Crippen LogP contribution in [0.3, 0.4) is 0 Å². The summed E-state index contributed by atoms with van der Waals surface area (Å²) in [6.45, 7) is 5.23. The first-order valence-corrected chi connectivity index (χ1v) is 6.91. The number of hydrogen-bond acceptors (Lipinski definition) is 3. The standard InChI is InChI=1S/C14H18BrN3O/c1-9-14(15)10(2)18(17-9)8-12-6-11(7-16)4-5-13(12)19-3/h4-6H,7-8,16H2,1-3H3. The van der Waals surface area contributed by atoms with E-state index in [4.69, 9.17) is 10.5 Å². The molecule has 19 heavy (non-hydrogen) atoms. The van der Waals surface area contributed by atoms with Crippen LogP contribution < -0.4 is 10.5 Å². The molecule has 1 aromatic heterocycles. The largest absolute Gasteiger partial charge is 0.496 e. The van der Waals surface area contributed by atoms with Crippen molar-refractivity contribution in [2.24, 2.45) is 5.73 Å². The second-order valence-corrected chi connectivity index (χ2v) is 5.29. The van der Waals surface area contributed by atoms with Crippen LogP contribution in [0.25, 0.3) is 0 Å². The summed E-state index contributed by atoms with van der Waals surface area (Å²) in [4.78, 5) is 0. The van der Waals surface area contributed by atoms with E-state index < -0.39 is 0 Å². The van der Waals surface area contributed by atoms with Gasteiger partial charge in [-0.25, -0.2) is 0 Å². The van der Waals surface area contributed by atoms with Crippen LogP contribution in [0.4, 0.5) is 0 Å². The normalized spacial score (nSPS) is 10.8. The molecule has 1 aromatic carbocycles. The van der Waals surface area contributed by atoms with E-state index in [9.17, 15) is 0 Å². The third-order valence-corrected chi connectivity index (χ3v) is 4.34. The van der Waals surface area contributed by atoms with Gasteiger partial charge in [0, 0.05) is 12.1 Å². The highest BCUT2D eigenvalue weighted by atomic mass is 79.9. The fourth-order valence-electron chi connectivity index (χ4n) is 2.07. The van der Waals surface area contributed by atoms with Gasteiger partial charge in [0.2, 0.25) is 0 Å². The van der Waals surface area contributed by atoms with Gasteiger partial charge in [-0.05, 0) is 47.5 Å². The van der Waals surface area contributed by atoms with E-state index >= 15 is 0 Å². The van der Waals surface area contributed by atoms with Crippen molar-refractivity contribution in [2.45, 2.75) is 26.9 Å². The number of rotatable bonds is 4. The van der Waals surface area contributed by atoms with Crippen molar-refractivity contribution in [3.63, 3.8) is 0 Å². The molecule has 0 radical (unpaired) electrons. The molecule has 2 rings (SSSR count). The van der Waals surface area contributed by atoms with Crippen LogP contribution in [-0.4, -0.2) is 16.9 Å². The Bertz CT molecular complexity index is 593. The monoisotopic (exact) mass is 323 g/mol. The Morgan fingerprint density at radius 1 is 1.37 bits per heavy atom. The average molecular weight is 324 g/mol. The Morgan fingerprint density at radius 2 is 2.11 bits per heavy atom. The zero-order chi connectivity index (χ0) is 14.0. The zero-order valence-electron chi connectivity index (χ0n) is 11.4. The van der Waals surface area contributed by atoms with E-state index in [0.29, 0.717) is 13.1 Å². The van der Waals surface area contributed by atoms with Gasteiger partial charge in [0.1, 0.15) is 5.75 Å². The molecule has 0 spiro atoms. The van der Waals surface area contributed by atoms with Crippen molar-refractivity contribution >= 4 is 15.9 Å². The summed E-state index contributed by atoms with van der Waals surface area (Å²) < 4.78 is 8.43. The zero-order valence-corrected chi connectivity index (χ0v) is 13.0. The van der Waals surface area contributed by atoms with E-state index in [0.717, 1.165) is 32.7 Å². The van der Waals surface area contributed by atoms with Gasteiger partial charge in [-0.3, -0.25) is 4.68 Å². The molecular weight excluding hydrogens is 306 g/mol. The number of nitrogens with two attached hydrogens (primary N) is 1. The van der Waals surface area contributed by atoms with Crippen LogP contribution in [-0.2, 0) is 13.1 Å². The third-order valence-electron chi connectivity index (χ3n) is 3.19. The lowest BCUT2D eigenvalue weighted by Gasteiger charge is -2.11. The predicted octanol–water partition coefficient (Wildman–Crippen LogP) is 2.78. The number of nitrogens with zero attached hydrogens (tertiary/aromatic N) is 2. The minimum atomic E-state index is 0.526. The highest BCUT2D eigenvalue weighted by Gasteiger charge is 2.11. The number of aryl methyl sites for hydroxylation is 1. The maximum atomic E-state index is 5.69. The van der Waals surface area contributed by atoms with Gasteiger partial charge in [0.05, 0.1) is 29.5 Å². The Morgan fingerprint density at radius 3 is 2.63 bits per heavy atom. The molecule has 1 heterocycles. The Labute approximate surface area is 121 Å². The number of ether oxygens (including phenoxy) is 1. The molecule has 0 aliphatic rings. The van der Waals surface area contributed by atoms with Crippen LogP contribution in [0, 0.1) is 13.8 Å². The highest BCUT2D eigenvalue weighted by molar-refractivity contribution is 9.10. The SMILES string of the molecule is COc1ccc(CN)cc1Cn1nc(C)c(Br)c1C. The maximum Gasteiger partial charge on any atom is 0.123 e. The molecule has 0 fully saturated rings. The minimum absolute atomic E-state index is 0.526. The summed E-state index contributed by atoms with van der Waals surface area (Å²) in [5, 5.41) is 4.52. The molecule has 0 aliphatic heterocycles. The first-order chi connectivity index (χ1) is 9.06. The summed E-state index contributed by atoms with van der Waals surface area (Å²) >= 11 is 3.54. The van der Waals surface area contributed by atoms with Crippen molar-refractivity contribution in [3.8, 4) is 5.75 Å². The molecule has 0 bridgehead atoms. The van der Waals surface area contributed by atoms with E-state index in [1.54, 1.807) is 7.11 Å². The van der Waals surface area contributed by atoms with Crippen LogP contribution in [0.15, 0.2) is 22.7 Å². The van der Waals surface area contributed by atoms with E-state index in [-0.39, 0.29) is 0 Å².